The van der Waals surface area contributed by atoms with Gasteiger partial charge in [0, 0.05) is 13.1 Å². The normalized spacial score (nSPS) is 14.6. The van der Waals surface area contributed by atoms with E-state index in [1.807, 2.05) is 12.1 Å². The zero-order valence-electron chi connectivity index (χ0n) is 17.1. The highest BCUT2D eigenvalue weighted by molar-refractivity contribution is 7.92. The van der Waals surface area contributed by atoms with Crippen molar-refractivity contribution in [1.82, 2.24) is 10.2 Å². The molecule has 1 fully saturated rings. The fourth-order valence-electron chi connectivity index (χ4n) is 3.51. The summed E-state index contributed by atoms with van der Waals surface area (Å²) in [7, 11) is -3.79. The number of sulfonamides is 1. The molecule has 0 atom stereocenters. The highest BCUT2D eigenvalue weighted by Crippen LogP contribution is 2.35. The smallest absolute Gasteiger partial charge is 0.241 e. The third kappa shape index (κ3) is 6.73. The Kier molecular flexibility index (Phi) is 8.10. The second kappa shape index (κ2) is 10.4. The average molecular weight is 505 g/mol. The first kappa shape index (κ1) is 24.1. The highest BCUT2D eigenvalue weighted by Gasteiger charge is 2.24. The summed E-state index contributed by atoms with van der Waals surface area (Å²) in [4.78, 5) is 15.0. The van der Waals surface area contributed by atoms with Gasteiger partial charge in [-0.3, -0.25) is 14.0 Å². The van der Waals surface area contributed by atoms with Crippen LogP contribution in [-0.4, -0.2) is 45.1 Å². The molecule has 3 rings (SSSR count). The minimum atomic E-state index is -3.79. The topological polar surface area (TPSA) is 69.7 Å². The lowest BCUT2D eigenvalue weighted by molar-refractivity contribution is -0.119. The van der Waals surface area contributed by atoms with Gasteiger partial charge in [0.25, 0.3) is 0 Å². The Morgan fingerprint density at radius 2 is 1.68 bits per heavy atom. The molecule has 2 aromatic rings. The summed E-state index contributed by atoms with van der Waals surface area (Å²) in [5, 5.41) is 3.20. The van der Waals surface area contributed by atoms with Gasteiger partial charge >= 0.3 is 0 Å². The fourth-order valence-corrected chi connectivity index (χ4v) is 5.06. The maximum absolute atomic E-state index is 12.5. The van der Waals surface area contributed by atoms with Crippen molar-refractivity contribution in [3.05, 3.63) is 62.6 Å². The molecule has 1 heterocycles. The molecule has 6 nitrogen and oxygen atoms in total. The molecule has 0 aliphatic carbocycles. The first-order chi connectivity index (χ1) is 14.6. The zero-order valence-corrected chi connectivity index (χ0v) is 20.2. The minimum Gasteiger partial charge on any atom is -0.350 e. The van der Waals surface area contributed by atoms with Crippen molar-refractivity contribution < 1.29 is 13.2 Å². The van der Waals surface area contributed by atoms with Crippen molar-refractivity contribution in [2.75, 3.05) is 30.2 Å². The van der Waals surface area contributed by atoms with Crippen LogP contribution in [0.2, 0.25) is 15.1 Å². The number of hydrogen-bond donors (Lipinski definition) is 1. The maximum atomic E-state index is 12.5. The zero-order chi connectivity index (χ0) is 22.6. The van der Waals surface area contributed by atoms with Crippen LogP contribution in [0.4, 0.5) is 5.69 Å². The number of carbonyl (C=O) groups is 1. The van der Waals surface area contributed by atoms with E-state index < -0.39 is 22.5 Å². The van der Waals surface area contributed by atoms with Gasteiger partial charge in [0.05, 0.1) is 27.0 Å². The predicted octanol–water partition coefficient (Wildman–Crippen LogP) is 4.33. The third-order valence-corrected chi connectivity index (χ3v) is 7.18. The lowest BCUT2D eigenvalue weighted by atomic mass is 10.1. The molecule has 2 aromatic carbocycles. The lowest BCUT2D eigenvalue weighted by Gasteiger charge is -2.23. The second-order valence-corrected chi connectivity index (χ2v) is 10.7. The standard InChI is InChI=1S/C21H24Cl3N3O3S/c1-31(29,30)27(20-11-18(23)17(22)10-19(20)24)14-21(28)25-12-15-5-4-6-16(9-15)13-26-7-2-3-8-26/h4-6,9-11H,2-3,7-8,12-14H2,1H3,(H,25,28). The van der Waals surface area contributed by atoms with Crippen molar-refractivity contribution in [2.24, 2.45) is 0 Å². The van der Waals surface area contributed by atoms with Crippen LogP contribution in [0.5, 0.6) is 0 Å². The van der Waals surface area contributed by atoms with Crippen LogP contribution in [0.25, 0.3) is 0 Å². The van der Waals surface area contributed by atoms with E-state index in [0.29, 0.717) is 6.54 Å². The average Bonchev–Trinajstić information content (AvgIpc) is 3.20. The number of benzene rings is 2. The lowest BCUT2D eigenvalue weighted by Crippen LogP contribution is -2.40. The molecule has 0 spiro atoms. The van der Waals surface area contributed by atoms with E-state index in [2.05, 4.69) is 22.3 Å². The van der Waals surface area contributed by atoms with Crippen molar-refractivity contribution in [2.45, 2.75) is 25.9 Å². The largest absolute Gasteiger partial charge is 0.350 e. The molecule has 31 heavy (non-hydrogen) atoms. The van der Waals surface area contributed by atoms with Crippen molar-refractivity contribution >= 4 is 56.4 Å². The molecule has 0 bridgehead atoms. The van der Waals surface area contributed by atoms with E-state index in [1.54, 1.807) is 0 Å². The third-order valence-electron chi connectivity index (χ3n) is 5.03. The van der Waals surface area contributed by atoms with Gasteiger partial charge in [-0.25, -0.2) is 8.42 Å². The van der Waals surface area contributed by atoms with Crippen LogP contribution in [0.15, 0.2) is 36.4 Å². The van der Waals surface area contributed by atoms with Crippen molar-refractivity contribution in [1.29, 1.82) is 0 Å². The van der Waals surface area contributed by atoms with Crippen LogP contribution in [-0.2, 0) is 27.9 Å². The Bertz CT molecular complexity index is 1060. The molecule has 1 amide bonds. The van der Waals surface area contributed by atoms with E-state index >= 15 is 0 Å². The molecule has 1 saturated heterocycles. The van der Waals surface area contributed by atoms with E-state index in [1.165, 1.54) is 30.5 Å². The molecule has 1 N–H and O–H groups in total. The Labute approximate surface area is 198 Å². The van der Waals surface area contributed by atoms with Crippen LogP contribution >= 0.6 is 34.8 Å². The second-order valence-electron chi connectivity index (χ2n) is 7.57. The van der Waals surface area contributed by atoms with E-state index in [-0.39, 0.29) is 20.8 Å². The Morgan fingerprint density at radius 1 is 1.03 bits per heavy atom. The monoisotopic (exact) mass is 503 g/mol. The van der Waals surface area contributed by atoms with Crippen LogP contribution in [0, 0.1) is 0 Å². The molecule has 10 heteroatoms. The SMILES string of the molecule is CS(=O)(=O)N(CC(=O)NCc1cccc(CN2CCCC2)c1)c1cc(Cl)c(Cl)cc1Cl. The van der Waals surface area contributed by atoms with Gasteiger partial charge in [-0.2, -0.15) is 0 Å². The molecule has 0 aromatic heterocycles. The number of hydrogen-bond acceptors (Lipinski definition) is 4. The molecule has 0 radical (unpaired) electrons. The first-order valence-corrected chi connectivity index (χ1v) is 12.8. The number of nitrogens with one attached hydrogen (secondary N) is 1. The van der Waals surface area contributed by atoms with E-state index in [0.717, 1.165) is 35.8 Å². The van der Waals surface area contributed by atoms with Crippen LogP contribution in [0.1, 0.15) is 24.0 Å². The number of rotatable bonds is 8. The molecular weight excluding hydrogens is 481 g/mol. The quantitative estimate of drug-likeness (QED) is 0.544. The molecular formula is C21H24Cl3N3O3S. The predicted molar refractivity (Wildman–Crippen MR) is 126 cm³/mol. The van der Waals surface area contributed by atoms with Gasteiger partial charge in [0.1, 0.15) is 6.54 Å². The molecule has 168 valence electrons. The maximum Gasteiger partial charge on any atom is 0.241 e. The Hall–Kier alpha value is -1.51. The Balaban J connectivity index is 1.66. The van der Waals surface area contributed by atoms with Gasteiger partial charge in [-0.15, -0.1) is 0 Å². The highest BCUT2D eigenvalue weighted by atomic mass is 35.5. The van der Waals surface area contributed by atoms with Gasteiger partial charge in [-0.1, -0.05) is 59.1 Å². The number of amides is 1. The number of anilines is 1. The van der Waals surface area contributed by atoms with Crippen LogP contribution in [0.3, 0.4) is 0 Å². The number of halogens is 3. The number of likely N-dealkylation sites (tertiary alicyclic amines) is 1. The summed E-state index contributed by atoms with van der Waals surface area (Å²) in [5.41, 5.74) is 2.24. The number of carbonyl (C=O) groups excluding carboxylic acids is 1. The van der Waals surface area contributed by atoms with Gasteiger partial charge in [0.15, 0.2) is 0 Å². The molecule has 1 aliphatic heterocycles. The molecule has 0 saturated carbocycles. The molecule has 1 aliphatic rings. The van der Waals surface area contributed by atoms with Crippen molar-refractivity contribution in [3.8, 4) is 0 Å². The summed E-state index contributed by atoms with van der Waals surface area (Å²) in [6.45, 7) is 2.97. The first-order valence-electron chi connectivity index (χ1n) is 9.82. The summed E-state index contributed by atoms with van der Waals surface area (Å²) in [6.07, 6.45) is 3.46. The van der Waals surface area contributed by atoms with E-state index in [4.69, 9.17) is 34.8 Å². The summed E-state index contributed by atoms with van der Waals surface area (Å²) in [6, 6.07) is 10.7. The van der Waals surface area contributed by atoms with Crippen LogP contribution < -0.4 is 9.62 Å². The Morgan fingerprint density at radius 3 is 2.35 bits per heavy atom. The van der Waals surface area contributed by atoms with Gasteiger partial charge in [-0.05, 0) is 49.2 Å². The van der Waals surface area contributed by atoms with Gasteiger partial charge in [0.2, 0.25) is 15.9 Å². The summed E-state index contributed by atoms with van der Waals surface area (Å²) in [5.74, 6) is -0.461. The summed E-state index contributed by atoms with van der Waals surface area (Å²) >= 11 is 18.1. The fraction of sp³-hybridized carbons (Fsp3) is 0.381. The summed E-state index contributed by atoms with van der Waals surface area (Å²) < 4.78 is 25.5. The van der Waals surface area contributed by atoms with E-state index in [9.17, 15) is 13.2 Å². The van der Waals surface area contributed by atoms with Crippen molar-refractivity contribution in [3.63, 3.8) is 0 Å². The minimum absolute atomic E-state index is 0.0854. The number of nitrogens with zero attached hydrogens (tertiary/aromatic N) is 2. The van der Waals surface area contributed by atoms with Gasteiger partial charge < -0.3 is 5.32 Å². The molecule has 0 unspecified atom stereocenters.